The zero-order chi connectivity index (χ0) is 27.9. The lowest BCUT2D eigenvalue weighted by Crippen LogP contribution is -2.37. The zero-order valence-electron chi connectivity index (χ0n) is 22.7. The molecule has 1 aliphatic heterocycles. The number of nitrogens with one attached hydrogen (secondary N) is 1. The first-order chi connectivity index (χ1) is 19.3. The van der Waals surface area contributed by atoms with Crippen molar-refractivity contribution in [3.63, 3.8) is 0 Å². The normalized spacial score (nSPS) is 16.8. The van der Waals surface area contributed by atoms with Gasteiger partial charge in [0.2, 0.25) is 5.91 Å². The van der Waals surface area contributed by atoms with Gasteiger partial charge in [-0.15, -0.1) is 0 Å². The number of amides is 1. The molecule has 0 radical (unpaired) electrons. The monoisotopic (exact) mass is 534 g/mol. The van der Waals surface area contributed by atoms with Crippen LogP contribution in [0.4, 0.5) is 11.5 Å². The third-order valence-electron chi connectivity index (χ3n) is 7.26. The Hall–Kier alpha value is -4.92. The molecule has 9 heteroatoms. The molecule has 1 fully saturated rings. The molecule has 1 atom stereocenters. The van der Waals surface area contributed by atoms with E-state index in [2.05, 4.69) is 26.8 Å². The SMILES string of the molecule is C=CC(=O)N1CC[C@@](C)(Oc2ccc3ncnc(Nc4ccc(Oc5ccc6c(c5)ncn6C)c(C)c4)c3c2)C1. The average molecular weight is 535 g/mol. The number of hydrogen-bond acceptors (Lipinski definition) is 7. The van der Waals surface area contributed by atoms with Crippen LogP contribution in [0, 0.1) is 6.92 Å². The van der Waals surface area contributed by atoms with Crippen molar-refractivity contribution >= 4 is 39.3 Å². The Morgan fingerprint density at radius 2 is 1.90 bits per heavy atom. The van der Waals surface area contributed by atoms with E-state index in [4.69, 9.17) is 9.47 Å². The predicted octanol–water partition coefficient (Wildman–Crippen LogP) is 5.92. The molecule has 1 amide bonds. The topological polar surface area (TPSA) is 94.4 Å². The van der Waals surface area contributed by atoms with Crippen LogP contribution < -0.4 is 14.8 Å². The molecule has 9 nitrogen and oxygen atoms in total. The molecule has 0 aliphatic carbocycles. The lowest BCUT2D eigenvalue weighted by Gasteiger charge is -2.26. The number of fused-ring (bicyclic) bond motifs is 2. The first kappa shape index (κ1) is 25.4. The number of rotatable bonds is 7. The summed E-state index contributed by atoms with van der Waals surface area (Å²) in [6.07, 6.45) is 5.42. The van der Waals surface area contributed by atoms with Crippen molar-refractivity contribution in [1.29, 1.82) is 0 Å². The minimum atomic E-state index is -0.483. The van der Waals surface area contributed by atoms with Crippen molar-refractivity contribution < 1.29 is 14.3 Å². The van der Waals surface area contributed by atoms with E-state index in [-0.39, 0.29) is 5.91 Å². The minimum absolute atomic E-state index is 0.0771. The third-order valence-corrected chi connectivity index (χ3v) is 7.26. The highest BCUT2D eigenvalue weighted by molar-refractivity contribution is 5.91. The molecule has 3 aromatic carbocycles. The van der Waals surface area contributed by atoms with E-state index in [0.29, 0.717) is 24.7 Å². The van der Waals surface area contributed by atoms with Gasteiger partial charge in [0.25, 0.3) is 0 Å². The number of aromatic nitrogens is 4. The molecule has 202 valence electrons. The fourth-order valence-electron chi connectivity index (χ4n) is 5.10. The van der Waals surface area contributed by atoms with Crippen LogP contribution in [-0.4, -0.2) is 49.0 Å². The van der Waals surface area contributed by atoms with Crippen LogP contribution >= 0.6 is 0 Å². The molecule has 0 bridgehead atoms. The molecular formula is C31H30N6O3. The van der Waals surface area contributed by atoms with Gasteiger partial charge in [-0.1, -0.05) is 6.58 Å². The number of benzene rings is 3. The third kappa shape index (κ3) is 4.93. The van der Waals surface area contributed by atoms with Gasteiger partial charge < -0.3 is 24.3 Å². The van der Waals surface area contributed by atoms with E-state index in [1.54, 1.807) is 17.6 Å². The first-order valence-electron chi connectivity index (χ1n) is 13.1. The molecular weight excluding hydrogens is 504 g/mol. The van der Waals surface area contributed by atoms with Crippen molar-refractivity contribution in [1.82, 2.24) is 24.4 Å². The lowest BCUT2D eigenvalue weighted by atomic mass is 10.1. The second-order valence-electron chi connectivity index (χ2n) is 10.4. The number of carbonyl (C=O) groups excluding carboxylic acids is 1. The van der Waals surface area contributed by atoms with E-state index in [1.807, 2.05) is 80.1 Å². The van der Waals surface area contributed by atoms with Gasteiger partial charge in [0, 0.05) is 37.2 Å². The fourth-order valence-corrected chi connectivity index (χ4v) is 5.10. The smallest absolute Gasteiger partial charge is 0.246 e. The number of imidazole rings is 1. The summed E-state index contributed by atoms with van der Waals surface area (Å²) in [4.78, 5) is 27.2. The Labute approximate surface area is 232 Å². The molecule has 5 aromatic rings. The van der Waals surface area contributed by atoms with Crippen molar-refractivity contribution in [2.24, 2.45) is 7.05 Å². The van der Waals surface area contributed by atoms with Gasteiger partial charge in [0.15, 0.2) is 0 Å². The van der Waals surface area contributed by atoms with Crippen LogP contribution in [0.2, 0.25) is 0 Å². The molecule has 0 saturated carbocycles. The quantitative estimate of drug-likeness (QED) is 0.259. The summed E-state index contributed by atoms with van der Waals surface area (Å²) in [6, 6.07) is 17.6. The van der Waals surface area contributed by atoms with Crippen molar-refractivity contribution in [2.75, 3.05) is 18.4 Å². The highest BCUT2D eigenvalue weighted by Crippen LogP contribution is 2.33. The lowest BCUT2D eigenvalue weighted by molar-refractivity contribution is -0.125. The van der Waals surface area contributed by atoms with Crippen molar-refractivity contribution in [3.8, 4) is 17.2 Å². The maximum atomic E-state index is 12.0. The van der Waals surface area contributed by atoms with Gasteiger partial charge in [0.05, 0.1) is 29.4 Å². The Morgan fingerprint density at radius 1 is 1.05 bits per heavy atom. The summed E-state index contributed by atoms with van der Waals surface area (Å²) in [6.45, 7) is 8.77. The molecule has 2 aromatic heterocycles. The first-order valence-corrected chi connectivity index (χ1v) is 13.1. The Kier molecular flexibility index (Phi) is 6.34. The van der Waals surface area contributed by atoms with Crippen LogP contribution in [-0.2, 0) is 11.8 Å². The molecule has 3 heterocycles. The number of likely N-dealkylation sites (tertiary alicyclic amines) is 1. The molecule has 1 aliphatic rings. The Bertz CT molecular complexity index is 1760. The van der Waals surface area contributed by atoms with Gasteiger partial charge in [-0.2, -0.15) is 0 Å². The summed E-state index contributed by atoms with van der Waals surface area (Å²) in [5.41, 5.74) is 4.10. The second-order valence-corrected chi connectivity index (χ2v) is 10.4. The molecule has 0 unspecified atom stereocenters. The average Bonchev–Trinajstić information content (AvgIpc) is 3.52. The van der Waals surface area contributed by atoms with E-state index in [9.17, 15) is 4.79 Å². The van der Waals surface area contributed by atoms with E-state index >= 15 is 0 Å². The number of aryl methyl sites for hydroxylation is 2. The van der Waals surface area contributed by atoms with E-state index < -0.39 is 5.60 Å². The standard InChI is InChI=1S/C31H30N6O3/c1-5-29(38)37-13-12-31(3,17-37)40-23-7-9-25-24(15-23)30(33-18-32-25)35-21-6-11-28(20(2)14-21)39-22-8-10-27-26(16-22)34-19-36(27)4/h5-11,14-16,18-19H,1,12-13,17H2,2-4H3,(H,32,33,35)/t31-/m1/s1. The van der Waals surface area contributed by atoms with E-state index in [0.717, 1.165) is 51.1 Å². The van der Waals surface area contributed by atoms with Crippen LogP contribution in [0.15, 0.2) is 79.9 Å². The molecule has 40 heavy (non-hydrogen) atoms. The highest BCUT2D eigenvalue weighted by Gasteiger charge is 2.37. The maximum absolute atomic E-state index is 12.0. The van der Waals surface area contributed by atoms with E-state index in [1.165, 1.54) is 6.08 Å². The zero-order valence-corrected chi connectivity index (χ0v) is 22.7. The highest BCUT2D eigenvalue weighted by atomic mass is 16.5. The number of nitrogens with zero attached hydrogens (tertiary/aromatic N) is 5. The second kappa shape index (κ2) is 10.00. The molecule has 1 saturated heterocycles. The van der Waals surface area contributed by atoms with Crippen LogP contribution in [0.3, 0.4) is 0 Å². The minimum Gasteiger partial charge on any atom is -0.486 e. The fraction of sp³-hybridized carbons (Fsp3) is 0.226. The number of anilines is 2. The number of ether oxygens (including phenoxy) is 2. The van der Waals surface area contributed by atoms with Gasteiger partial charge in [-0.05, 0) is 74.0 Å². The van der Waals surface area contributed by atoms with Crippen molar-refractivity contribution in [2.45, 2.75) is 25.9 Å². The van der Waals surface area contributed by atoms with Crippen LogP contribution in [0.1, 0.15) is 18.9 Å². The van der Waals surface area contributed by atoms with Crippen LogP contribution in [0.25, 0.3) is 21.9 Å². The maximum Gasteiger partial charge on any atom is 0.246 e. The van der Waals surface area contributed by atoms with Gasteiger partial charge in [-0.3, -0.25) is 4.79 Å². The largest absolute Gasteiger partial charge is 0.486 e. The number of hydrogen-bond donors (Lipinski definition) is 1. The predicted molar refractivity (Wildman–Crippen MR) is 155 cm³/mol. The molecule has 1 N–H and O–H groups in total. The Balaban J connectivity index is 1.21. The van der Waals surface area contributed by atoms with Crippen molar-refractivity contribution in [3.05, 3.63) is 85.5 Å². The summed E-state index contributed by atoms with van der Waals surface area (Å²) in [5, 5.41) is 4.26. The van der Waals surface area contributed by atoms with Gasteiger partial charge >= 0.3 is 0 Å². The summed E-state index contributed by atoms with van der Waals surface area (Å²) in [7, 11) is 1.97. The summed E-state index contributed by atoms with van der Waals surface area (Å²) < 4.78 is 14.5. The van der Waals surface area contributed by atoms with Gasteiger partial charge in [0.1, 0.15) is 35.0 Å². The van der Waals surface area contributed by atoms with Crippen LogP contribution in [0.5, 0.6) is 17.2 Å². The molecule has 0 spiro atoms. The molecule has 6 rings (SSSR count). The summed E-state index contributed by atoms with van der Waals surface area (Å²) in [5.74, 6) is 2.79. The Morgan fingerprint density at radius 3 is 2.73 bits per heavy atom. The van der Waals surface area contributed by atoms with Gasteiger partial charge in [-0.25, -0.2) is 15.0 Å². The summed E-state index contributed by atoms with van der Waals surface area (Å²) >= 11 is 0. The number of carbonyl (C=O) groups is 1.